The van der Waals surface area contributed by atoms with Gasteiger partial charge in [-0.25, -0.2) is 0 Å². The van der Waals surface area contributed by atoms with E-state index in [4.69, 9.17) is 26.8 Å². The molecule has 4 nitrogen and oxygen atoms in total. The van der Waals surface area contributed by atoms with Crippen LogP contribution in [-0.4, -0.2) is 37.7 Å². The number of rotatable bonds is 4. The molecule has 2 atom stereocenters. The fourth-order valence-electron chi connectivity index (χ4n) is 3.30. The minimum Gasteiger partial charge on any atom is -0.486 e. The first kappa shape index (κ1) is 14.9. The van der Waals surface area contributed by atoms with Crippen LogP contribution in [0.2, 0.25) is 5.02 Å². The van der Waals surface area contributed by atoms with Gasteiger partial charge < -0.3 is 15.2 Å². The predicted molar refractivity (Wildman–Crippen MR) is 84.2 cm³/mol. The highest BCUT2D eigenvalue weighted by molar-refractivity contribution is 6.32. The van der Waals surface area contributed by atoms with Gasteiger partial charge in [-0.1, -0.05) is 24.9 Å². The molecule has 0 spiro atoms. The molecule has 2 unspecified atom stereocenters. The van der Waals surface area contributed by atoms with Crippen LogP contribution in [-0.2, 0) is 0 Å². The molecular weight excluding hydrogens is 288 g/mol. The highest BCUT2D eigenvalue weighted by Crippen LogP contribution is 2.41. The Labute approximate surface area is 131 Å². The van der Waals surface area contributed by atoms with Crippen LogP contribution in [0.25, 0.3) is 0 Å². The van der Waals surface area contributed by atoms with Crippen molar-refractivity contribution in [2.45, 2.75) is 25.8 Å². The number of nitrogens with two attached hydrogens (primary N) is 1. The molecule has 2 N–H and O–H groups in total. The predicted octanol–water partition coefficient (Wildman–Crippen LogP) is 2.84. The van der Waals surface area contributed by atoms with Gasteiger partial charge in [-0.2, -0.15) is 0 Å². The number of likely N-dealkylation sites (tertiary alicyclic amines) is 1. The molecule has 1 saturated heterocycles. The van der Waals surface area contributed by atoms with Crippen LogP contribution in [0.3, 0.4) is 0 Å². The number of benzene rings is 1. The van der Waals surface area contributed by atoms with Crippen molar-refractivity contribution in [1.29, 1.82) is 0 Å². The molecular formula is C16H23ClN2O2. The van der Waals surface area contributed by atoms with Crippen molar-refractivity contribution >= 4 is 11.6 Å². The minimum absolute atomic E-state index is 0.204. The molecule has 1 fully saturated rings. The fraction of sp³-hybridized carbons (Fsp3) is 0.625. The molecule has 0 amide bonds. The van der Waals surface area contributed by atoms with Gasteiger partial charge in [0, 0.05) is 19.1 Å². The highest BCUT2D eigenvalue weighted by atomic mass is 35.5. The van der Waals surface area contributed by atoms with Gasteiger partial charge in [-0.15, -0.1) is 0 Å². The summed E-state index contributed by atoms with van der Waals surface area (Å²) in [4.78, 5) is 2.47. The first-order valence-corrected chi connectivity index (χ1v) is 8.13. The lowest BCUT2D eigenvalue weighted by molar-refractivity contribution is 0.170. The van der Waals surface area contributed by atoms with Crippen molar-refractivity contribution in [3.05, 3.63) is 22.7 Å². The van der Waals surface area contributed by atoms with Crippen LogP contribution in [0.1, 0.15) is 31.4 Å². The third-order valence-electron chi connectivity index (χ3n) is 4.56. The summed E-state index contributed by atoms with van der Waals surface area (Å²) in [6, 6.07) is 4.22. The van der Waals surface area contributed by atoms with Crippen molar-refractivity contribution in [2.75, 3.05) is 32.8 Å². The molecule has 3 rings (SSSR count). The molecule has 1 aromatic carbocycles. The largest absolute Gasteiger partial charge is 0.486 e. The van der Waals surface area contributed by atoms with Crippen LogP contribution in [0.5, 0.6) is 11.5 Å². The van der Waals surface area contributed by atoms with Gasteiger partial charge in [-0.3, -0.25) is 4.90 Å². The number of hydrogen-bond donors (Lipinski definition) is 1. The van der Waals surface area contributed by atoms with E-state index in [-0.39, 0.29) is 6.04 Å². The maximum Gasteiger partial charge on any atom is 0.179 e. The second-order valence-electron chi connectivity index (χ2n) is 5.84. The van der Waals surface area contributed by atoms with E-state index < -0.39 is 0 Å². The van der Waals surface area contributed by atoms with Gasteiger partial charge in [0.1, 0.15) is 13.2 Å². The summed E-state index contributed by atoms with van der Waals surface area (Å²) in [5.41, 5.74) is 7.17. The molecule has 0 aromatic heterocycles. The second-order valence-corrected chi connectivity index (χ2v) is 6.24. The molecule has 0 saturated carbocycles. The SMILES string of the molecule is CCC1CCN(C(CN)c2cc(Cl)c3c(c2)OCCO3)C1. The van der Waals surface area contributed by atoms with Crippen molar-refractivity contribution in [3.8, 4) is 11.5 Å². The summed E-state index contributed by atoms with van der Waals surface area (Å²) in [7, 11) is 0. The summed E-state index contributed by atoms with van der Waals surface area (Å²) in [6.07, 6.45) is 2.49. The minimum atomic E-state index is 0.204. The Bertz CT molecular complexity index is 509. The zero-order chi connectivity index (χ0) is 14.8. The number of hydrogen-bond acceptors (Lipinski definition) is 4. The van der Waals surface area contributed by atoms with Crippen molar-refractivity contribution < 1.29 is 9.47 Å². The number of halogens is 1. The number of fused-ring (bicyclic) bond motifs is 1. The first-order valence-electron chi connectivity index (χ1n) is 7.76. The average molecular weight is 311 g/mol. The van der Waals surface area contributed by atoms with Crippen LogP contribution in [0.4, 0.5) is 0 Å². The monoisotopic (exact) mass is 310 g/mol. The van der Waals surface area contributed by atoms with Gasteiger partial charge in [0.05, 0.1) is 5.02 Å². The Hall–Kier alpha value is -0.970. The van der Waals surface area contributed by atoms with E-state index in [0.717, 1.165) is 30.3 Å². The van der Waals surface area contributed by atoms with Gasteiger partial charge in [-0.05, 0) is 36.6 Å². The van der Waals surface area contributed by atoms with Crippen LogP contribution in [0, 0.1) is 5.92 Å². The zero-order valence-electron chi connectivity index (χ0n) is 12.5. The molecule has 116 valence electrons. The maximum absolute atomic E-state index is 6.35. The third-order valence-corrected chi connectivity index (χ3v) is 4.84. The lowest BCUT2D eigenvalue weighted by Gasteiger charge is -2.29. The summed E-state index contributed by atoms with van der Waals surface area (Å²) in [5.74, 6) is 2.19. The van der Waals surface area contributed by atoms with Crippen LogP contribution < -0.4 is 15.2 Å². The quantitative estimate of drug-likeness (QED) is 0.929. The first-order chi connectivity index (χ1) is 10.2. The Balaban J connectivity index is 1.85. The van der Waals surface area contributed by atoms with E-state index in [1.54, 1.807) is 0 Å². The normalized spacial score (nSPS) is 23.3. The van der Waals surface area contributed by atoms with E-state index in [0.29, 0.717) is 30.5 Å². The average Bonchev–Trinajstić information content (AvgIpc) is 2.97. The van der Waals surface area contributed by atoms with Crippen LogP contribution in [0.15, 0.2) is 12.1 Å². The molecule has 2 aliphatic rings. The molecule has 0 bridgehead atoms. The number of nitrogens with zero attached hydrogens (tertiary/aromatic N) is 1. The van der Waals surface area contributed by atoms with Gasteiger partial charge in [0.2, 0.25) is 0 Å². The summed E-state index contributed by atoms with van der Waals surface area (Å²) in [5, 5.41) is 0.617. The molecule has 0 aliphatic carbocycles. The molecule has 0 radical (unpaired) electrons. The highest BCUT2D eigenvalue weighted by Gasteiger charge is 2.29. The summed E-state index contributed by atoms with van der Waals surface area (Å²) < 4.78 is 11.3. The fourth-order valence-corrected chi connectivity index (χ4v) is 3.57. The molecule has 1 aromatic rings. The smallest absolute Gasteiger partial charge is 0.179 e. The van der Waals surface area contributed by atoms with E-state index in [9.17, 15) is 0 Å². The Kier molecular flexibility index (Phi) is 4.57. The molecule has 2 aliphatic heterocycles. The van der Waals surface area contributed by atoms with Crippen molar-refractivity contribution in [1.82, 2.24) is 4.90 Å². The lowest BCUT2D eigenvalue weighted by atomic mass is 10.0. The van der Waals surface area contributed by atoms with Crippen molar-refractivity contribution in [2.24, 2.45) is 11.7 Å². The molecule has 2 heterocycles. The Morgan fingerprint density at radius 3 is 2.90 bits per heavy atom. The summed E-state index contributed by atoms with van der Waals surface area (Å²) >= 11 is 6.35. The second kappa shape index (κ2) is 6.42. The summed E-state index contributed by atoms with van der Waals surface area (Å²) in [6.45, 7) is 6.19. The van der Waals surface area contributed by atoms with Crippen LogP contribution >= 0.6 is 11.6 Å². The standard InChI is InChI=1S/C16H23ClN2O2/c1-2-11-3-4-19(10-11)14(9-18)12-7-13(17)16-15(8-12)20-5-6-21-16/h7-8,11,14H,2-6,9-10,18H2,1H3. The third kappa shape index (κ3) is 2.98. The zero-order valence-corrected chi connectivity index (χ0v) is 13.2. The lowest BCUT2D eigenvalue weighted by Crippen LogP contribution is -2.32. The maximum atomic E-state index is 6.35. The van der Waals surface area contributed by atoms with E-state index in [1.807, 2.05) is 12.1 Å². The van der Waals surface area contributed by atoms with Gasteiger partial charge in [0.25, 0.3) is 0 Å². The van der Waals surface area contributed by atoms with E-state index >= 15 is 0 Å². The number of ether oxygens (including phenoxy) is 2. The van der Waals surface area contributed by atoms with E-state index in [1.165, 1.54) is 12.8 Å². The van der Waals surface area contributed by atoms with Gasteiger partial charge in [0.15, 0.2) is 11.5 Å². The topological polar surface area (TPSA) is 47.7 Å². The Morgan fingerprint density at radius 2 is 2.19 bits per heavy atom. The Morgan fingerprint density at radius 1 is 1.38 bits per heavy atom. The van der Waals surface area contributed by atoms with E-state index in [2.05, 4.69) is 11.8 Å². The molecule has 5 heteroatoms. The van der Waals surface area contributed by atoms with Crippen molar-refractivity contribution in [3.63, 3.8) is 0 Å². The molecule has 21 heavy (non-hydrogen) atoms. The van der Waals surface area contributed by atoms with Gasteiger partial charge >= 0.3 is 0 Å².